The van der Waals surface area contributed by atoms with E-state index in [1.165, 1.54) is 0 Å². The average Bonchev–Trinajstić information content (AvgIpc) is 3.01. The minimum atomic E-state index is 0.0997. The van der Waals surface area contributed by atoms with E-state index in [4.69, 9.17) is 4.52 Å². The number of nitrogens with one attached hydrogen (secondary N) is 1. The summed E-state index contributed by atoms with van der Waals surface area (Å²) in [7, 11) is 1.88. The molecule has 1 amide bonds. The van der Waals surface area contributed by atoms with Crippen molar-refractivity contribution in [2.45, 2.75) is 32.9 Å². The van der Waals surface area contributed by atoms with Crippen molar-refractivity contribution in [1.82, 2.24) is 20.4 Å². The molecule has 122 valence electrons. The maximum absolute atomic E-state index is 12.1. The Labute approximate surface area is 135 Å². The van der Waals surface area contributed by atoms with Crippen molar-refractivity contribution in [2.24, 2.45) is 5.92 Å². The number of carbonyl (C=O) groups is 1. The quantitative estimate of drug-likeness (QED) is 0.914. The first-order chi connectivity index (χ1) is 11.1. The molecule has 1 aliphatic rings. The molecule has 2 atom stereocenters. The Morgan fingerprint density at radius 1 is 1.35 bits per heavy atom. The van der Waals surface area contributed by atoms with Crippen molar-refractivity contribution in [1.29, 1.82) is 0 Å². The molecule has 0 saturated carbocycles. The average molecular weight is 314 g/mol. The fraction of sp³-hybridized carbons (Fsp3) is 0.471. The smallest absolute Gasteiger partial charge is 0.223 e. The molecule has 2 aromatic rings. The molecule has 3 rings (SSSR count). The third-order valence-electron chi connectivity index (χ3n) is 4.63. The fourth-order valence-electron chi connectivity index (χ4n) is 3.33. The zero-order valence-electron chi connectivity index (χ0n) is 13.7. The predicted molar refractivity (Wildman–Crippen MR) is 85.5 cm³/mol. The summed E-state index contributed by atoms with van der Waals surface area (Å²) in [5, 5.41) is 7.43. The van der Waals surface area contributed by atoms with Crippen molar-refractivity contribution >= 4 is 5.91 Å². The number of likely N-dealkylation sites (tertiary alicyclic amines) is 1. The highest BCUT2D eigenvalue weighted by atomic mass is 16.5. The van der Waals surface area contributed by atoms with Crippen LogP contribution >= 0.6 is 0 Å². The molecule has 6 heteroatoms. The Morgan fingerprint density at radius 2 is 2.09 bits per heavy atom. The van der Waals surface area contributed by atoms with E-state index >= 15 is 0 Å². The summed E-state index contributed by atoms with van der Waals surface area (Å²) in [4.78, 5) is 18.0. The van der Waals surface area contributed by atoms with Gasteiger partial charge >= 0.3 is 0 Å². The number of aryl methyl sites for hydroxylation is 2. The lowest BCUT2D eigenvalue weighted by Crippen LogP contribution is -2.29. The zero-order valence-corrected chi connectivity index (χ0v) is 13.7. The molecule has 0 aliphatic carbocycles. The van der Waals surface area contributed by atoms with E-state index in [1.54, 1.807) is 12.4 Å². The molecule has 23 heavy (non-hydrogen) atoms. The Bertz CT molecular complexity index is 664. The van der Waals surface area contributed by atoms with Crippen LogP contribution < -0.4 is 5.32 Å². The van der Waals surface area contributed by atoms with Gasteiger partial charge in [0.25, 0.3) is 0 Å². The number of aromatic nitrogens is 2. The Balaban J connectivity index is 1.67. The maximum atomic E-state index is 12.1. The highest BCUT2D eigenvalue weighted by Crippen LogP contribution is 2.36. The van der Waals surface area contributed by atoms with Gasteiger partial charge in [0, 0.05) is 50.4 Å². The molecular formula is C17H22N4O2. The second kappa shape index (κ2) is 6.50. The van der Waals surface area contributed by atoms with Gasteiger partial charge in [0.05, 0.1) is 11.7 Å². The summed E-state index contributed by atoms with van der Waals surface area (Å²) in [6.07, 6.45) is 4.12. The largest absolute Gasteiger partial charge is 0.361 e. The number of carbonyl (C=O) groups excluding carboxylic acids is 1. The molecule has 2 aromatic heterocycles. The Morgan fingerprint density at radius 3 is 2.74 bits per heavy atom. The van der Waals surface area contributed by atoms with Crippen LogP contribution in [0.2, 0.25) is 0 Å². The van der Waals surface area contributed by atoms with Crippen LogP contribution in [0.4, 0.5) is 0 Å². The summed E-state index contributed by atoms with van der Waals surface area (Å²) >= 11 is 0. The monoisotopic (exact) mass is 314 g/mol. The standard InChI is InChI=1S/C17H22N4O2/c1-11-15(12(2)23-20-11)10-19-9-14-8-16(22)21(3)17(14)13-4-6-18-7-5-13/h4-7,14,17,19H,8-10H2,1-3H3/t14-,17-/m0/s1. The molecule has 1 saturated heterocycles. The van der Waals surface area contributed by atoms with Gasteiger partial charge < -0.3 is 14.7 Å². The van der Waals surface area contributed by atoms with Crippen LogP contribution in [0.15, 0.2) is 29.0 Å². The molecule has 0 radical (unpaired) electrons. The summed E-state index contributed by atoms with van der Waals surface area (Å²) in [5.74, 6) is 1.28. The normalized spacial score (nSPS) is 21.2. The van der Waals surface area contributed by atoms with Crippen LogP contribution in [-0.4, -0.2) is 34.5 Å². The maximum Gasteiger partial charge on any atom is 0.223 e. The van der Waals surface area contributed by atoms with Crippen molar-refractivity contribution in [3.05, 3.63) is 47.1 Å². The van der Waals surface area contributed by atoms with Crippen LogP contribution in [-0.2, 0) is 11.3 Å². The molecule has 1 fully saturated rings. The van der Waals surface area contributed by atoms with E-state index in [2.05, 4.69) is 15.5 Å². The fourth-order valence-corrected chi connectivity index (χ4v) is 3.33. The van der Waals surface area contributed by atoms with Gasteiger partial charge in [-0.05, 0) is 31.5 Å². The number of hydrogen-bond acceptors (Lipinski definition) is 5. The van der Waals surface area contributed by atoms with Crippen LogP contribution in [0.1, 0.15) is 35.0 Å². The van der Waals surface area contributed by atoms with Gasteiger partial charge in [0.2, 0.25) is 5.91 Å². The van der Waals surface area contributed by atoms with Gasteiger partial charge in [-0.2, -0.15) is 0 Å². The SMILES string of the molecule is Cc1noc(C)c1CNC[C@@H]1CC(=O)N(C)[C@H]1c1ccncc1. The molecular weight excluding hydrogens is 292 g/mol. The molecule has 0 bridgehead atoms. The second-order valence-corrected chi connectivity index (χ2v) is 6.13. The van der Waals surface area contributed by atoms with Gasteiger partial charge in [-0.3, -0.25) is 9.78 Å². The number of nitrogens with zero attached hydrogens (tertiary/aromatic N) is 3. The van der Waals surface area contributed by atoms with Crippen LogP contribution in [0.3, 0.4) is 0 Å². The third-order valence-corrected chi connectivity index (χ3v) is 4.63. The first kappa shape index (κ1) is 15.7. The van der Waals surface area contributed by atoms with E-state index in [0.717, 1.165) is 29.1 Å². The zero-order chi connectivity index (χ0) is 16.4. The summed E-state index contributed by atoms with van der Waals surface area (Å²) < 4.78 is 5.18. The highest BCUT2D eigenvalue weighted by molar-refractivity contribution is 5.79. The molecule has 0 unspecified atom stereocenters. The summed E-state index contributed by atoms with van der Waals surface area (Å²) in [6.45, 7) is 5.34. The molecule has 0 aromatic carbocycles. The van der Waals surface area contributed by atoms with Gasteiger partial charge in [0.1, 0.15) is 5.76 Å². The van der Waals surface area contributed by atoms with Crippen molar-refractivity contribution in [3.8, 4) is 0 Å². The summed E-state index contributed by atoms with van der Waals surface area (Å²) in [6, 6.07) is 4.07. The number of pyridine rings is 1. The van der Waals surface area contributed by atoms with Crippen LogP contribution in [0.5, 0.6) is 0 Å². The lowest BCUT2D eigenvalue weighted by molar-refractivity contribution is -0.127. The van der Waals surface area contributed by atoms with Crippen LogP contribution in [0.25, 0.3) is 0 Å². The number of hydrogen-bond donors (Lipinski definition) is 1. The Hall–Kier alpha value is -2.21. The van der Waals surface area contributed by atoms with E-state index in [-0.39, 0.29) is 17.9 Å². The van der Waals surface area contributed by atoms with E-state index < -0.39 is 0 Å². The van der Waals surface area contributed by atoms with E-state index in [1.807, 2.05) is 37.9 Å². The minimum Gasteiger partial charge on any atom is -0.361 e. The first-order valence-corrected chi connectivity index (χ1v) is 7.86. The van der Waals surface area contributed by atoms with E-state index in [0.29, 0.717) is 13.0 Å². The minimum absolute atomic E-state index is 0.0997. The molecule has 6 nitrogen and oxygen atoms in total. The molecule has 1 N–H and O–H groups in total. The van der Waals surface area contributed by atoms with Crippen molar-refractivity contribution in [3.63, 3.8) is 0 Å². The molecule has 1 aliphatic heterocycles. The van der Waals surface area contributed by atoms with Gasteiger partial charge in [-0.1, -0.05) is 5.16 Å². The Kier molecular flexibility index (Phi) is 4.43. The van der Waals surface area contributed by atoms with E-state index in [9.17, 15) is 4.79 Å². The van der Waals surface area contributed by atoms with Gasteiger partial charge in [0.15, 0.2) is 0 Å². The van der Waals surface area contributed by atoms with Gasteiger partial charge in [-0.25, -0.2) is 0 Å². The lowest BCUT2D eigenvalue weighted by atomic mass is 9.94. The number of amides is 1. The first-order valence-electron chi connectivity index (χ1n) is 7.86. The lowest BCUT2D eigenvalue weighted by Gasteiger charge is -2.25. The van der Waals surface area contributed by atoms with Crippen molar-refractivity contribution < 1.29 is 9.32 Å². The summed E-state index contributed by atoms with van der Waals surface area (Å²) in [5.41, 5.74) is 3.15. The topological polar surface area (TPSA) is 71.3 Å². The highest BCUT2D eigenvalue weighted by Gasteiger charge is 2.38. The molecule has 3 heterocycles. The third kappa shape index (κ3) is 3.12. The van der Waals surface area contributed by atoms with Crippen molar-refractivity contribution in [2.75, 3.05) is 13.6 Å². The molecule has 0 spiro atoms. The van der Waals surface area contributed by atoms with Crippen LogP contribution in [0, 0.1) is 19.8 Å². The van der Waals surface area contributed by atoms with Gasteiger partial charge in [-0.15, -0.1) is 0 Å². The predicted octanol–water partition coefficient (Wildman–Crippen LogP) is 2.00. The number of rotatable bonds is 5. The second-order valence-electron chi connectivity index (χ2n) is 6.13.